The van der Waals surface area contributed by atoms with Crippen molar-refractivity contribution in [3.8, 4) is 11.5 Å². The van der Waals surface area contributed by atoms with E-state index in [4.69, 9.17) is 21.1 Å². The van der Waals surface area contributed by atoms with Crippen LogP contribution in [-0.4, -0.2) is 39.4 Å². The SMILES string of the molecule is CCOc1c2c(c(OCC)c3ccccc13)C(=O)N(c1ccc(CC(=O)NS(=O)(=O)c3cccc(Cl)c3)cc1)C2=O. The lowest BCUT2D eigenvalue weighted by molar-refractivity contribution is -0.118. The zero-order chi connectivity index (χ0) is 29.3. The number of amides is 3. The van der Waals surface area contributed by atoms with Crippen molar-refractivity contribution in [1.29, 1.82) is 0 Å². The molecule has 0 atom stereocenters. The Balaban J connectivity index is 1.43. The quantitative estimate of drug-likeness (QED) is 0.267. The second kappa shape index (κ2) is 11.2. The highest BCUT2D eigenvalue weighted by Crippen LogP contribution is 2.46. The molecule has 5 rings (SSSR count). The van der Waals surface area contributed by atoms with Gasteiger partial charge < -0.3 is 9.47 Å². The molecule has 1 aliphatic heterocycles. The molecule has 0 saturated carbocycles. The maximum absolute atomic E-state index is 13.7. The summed E-state index contributed by atoms with van der Waals surface area (Å²) in [6, 6.07) is 19.0. The number of imide groups is 1. The normalized spacial score (nSPS) is 12.9. The molecule has 0 fully saturated rings. The van der Waals surface area contributed by atoms with E-state index in [1.165, 1.54) is 36.4 Å². The number of benzene rings is 4. The third-order valence-corrected chi connectivity index (χ3v) is 8.05. The van der Waals surface area contributed by atoms with Gasteiger partial charge >= 0.3 is 0 Å². The molecule has 4 aromatic carbocycles. The minimum atomic E-state index is -4.11. The van der Waals surface area contributed by atoms with E-state index in [0.717, 1.165) is 4.90 Å². The standard InChI is InChI=1S/C30H25ClN2O7S/c1-3-39-27-22-10-5-6-11-23(22)28(40-4-2)26-25(27)29(35)33(30(26)36)20-14-12-18(13-15-20)16-24(34)32-41(37,38)21-9-7-8-19(31)17-21/h5-15,17H,3-4,16H2,1-2H3,(H,32,34). The fourth-order valence-electron chi connectivity index (χ4n) is 4.75. The van der Waals surface area contributed by atoms with Gasteiger partial charge in [0.25, 0.3) is 21.8 Å². The fourth-order valence-corrected chi connectivity index (χ4v) is 6.03. The smallest absolute Gasteiger partial charge is 0.270 e. The minimum Gasteiger partial charge on any atom is -0.492 e. The van der Waals surface area contributed by atoms with Crippen molar-refractivity contribution in [3.05, 3.63) is 94.5 Å². The van der Waals surface area contributed by atoms with E-state index in [2.05, 4.69) is 0 Å². The third kappa shape index (κ3) is 5.23. The molecule has 1 N–H and O–H groups in total. The van der Waals surface area contributed by atoms with E-state index in [-0.39, 0.29) is 46.4 Å². The van der Waals surface area contributed by atoms with Gasteiger partial charge in [-0.2, -0.15) is 0 Å². The molecular weight excluding hydrogens is 568 g/mol. The second-order valence-corrected chi connectivity index (χ2v) is 11.2. The lowest BCUT2D eigenvalue weighted by Gasteiger charge is -2.15. The van der Waals surface area contributed by atoms with Gasteiger partial charge in [0, 0.05) is 15.8 Å². The first-order chi connectivity index (χ1) is 19.7. The number of rotatable bonds is 9. The van der Waals surface area contributed by atoms with Crippen LogP contribution in [-0.2, 0) is 21.2 Å². The number of hydrogen-bond acceptors (Lipinski definition) is 7. The van der Waals surface area contributed by atoms with Gasteiger partial charge in [-0.05, 0) is 49.7 Å². The topological polar surface area (TPSA) is 119 Å². The minimum absolute atomic E-state index is 0.133. The van der Waals surface area contributed by atoms with Crippen molar-refractivity contribution >= 4 is 55.8 Å². The first-order valence-corrected chi connectivity index (χ1v) is 14.7. The third-order valence-electron chi connectivity index (χ3n) is 6.45. The molecule has 210 valence electrons. The van der Waals surface area contributed by atoms with Gasteiger partial charge in [0.15, 0.2) is 0 Å². The summed E-state index contributed by atoms with van der Waals surface area (Å²) in [4.78, 5) is 40.9. The predicted octanol–water partition coefficient (Wildman–Crippen LogP) is 5.14. The number of nitrogens with zero attached hydrogens (tertiary/aromatic N) is 1. The van der Waals surface area contributed by atoms with Crippen LogP contribution in [0.1, 0.15) is 40.1 Å². The molecule has 0 saturated heterocycles. The Morgan fingerprint density at radius 3 is 1.90 bits per heavy atom. The average Bonchev–Trinajstić information content (AvgIpc) is 3.20. The van der Waals surface area contributed by atoms with E-state index in [1.807, 2.05) is 29.0 Å². The highest BCUT2D eigenvalue weighted by Gasteiger charge is 2.43. The number of anilines is 1. The molecule has 1 heterocycles. The molecule has 0 aromatic heterocycles. The van der Waals surface area contributed by atoms with E-state index < -0.39 is 27.7 Å². The summed E-state index contributed by atoms with van der Waals surface area (Å²) in [6.07, 6.45) is -0.253. The number of carbonyl (C=O) groups is 3. The van der Waals surface area contributed by atoms with E-state index >= 15 is 0 Å². The number of fused-ring (bicyclic) bond motifs is 2. The van der Waals surface area contributed by atoms with Gasteiger partial charge in [-0.25, -0.2) is 18.0 Å². The molecule has 11 heteroatoms. The molecule has 3 amide bonds. The summed E-state index contributed by atoms with van der Waals surface area (Å²) in [5.41, 5.74) is 1.02. The van der Waals surface area contributed by atoms with Crippen LogP contribution in [0.15, 0.2) is 77.7 Å². The van der Waals surface area contributed by atoms with Crippen LogP contribution in [0.4, 0.5) is 5.69 Å². The Kier molecular flexibility index (Phi) is 7.70. The van der Waals surface area contributed by atoms with Crippen molar-refractivity contribution in [2.24, 2.45) is 0 Å². The molecule has 41 heavy (non-hydrogen) atoms. The number of nitrogens with one attached hydrogen (secondary N) is 1. The van der Waals surface area contributed by atoms with Crippen LogP contribution >= 0.6 is 11.6 Å². The van der Waals surface area contributed by atoms with Crippen LogP contribution in [0.5, 0.6) is 11.5 Å². The summed E-state index contributed by atoms with van der Waals surface area (Å²) in [6.45, 7) is 4.17. The number of carbonyl (C=O) groups excluding carboxylic acids is 3. The number of hydrogen-bond donors (Lipinski definition) is 1. The lowest BCUT2D eigenvalue weighted by Crippen LogP contribution is -2.32. The Morgan fingerprint density at radius 1 is 0.829 bits per heavy atom. The number of sulfonamides is 1. The molecule has 4 aromatic rings. The summed E-state index contributed by atoms with van der Waals surface area (Å²) >= 11 is 5.87. The Labute approximate surface area is 241 Å². The molecule has 0 radical (unpaired) electrons. The first kappa shape index (κ1) is 28.1. The molecule has 1 aliphatic rings. The van der Waals surface area contributed by atoms with Crippen molar-refractivity contribution in [3.63, 3.8) is 0 Å². The van der Waals surface area contributed by atoms with Crippen LogP contribution in [0.25, 0.3) is 10.8 Å². The average molecular weight is 593 g/mol. The van der Waals surface area contributed by atoms with Gasteiger partial charge in [-0.15, -0.1) is 0 Å². The predicted molar refractivity (Wildman–Crippen MR) is 154 cm³/mol. The van der Waals surface area contributed by atoms with Gasteiger partial charge in [0.05, 0.1) is 41.3 Å². The van der Waals surface area contributed by atoms with E-state index in [1.54, 1.807) is 26.0 Å². The highest BCUT2D eigenvalue weighted by molar-refractivity contribution is 7.90. The summed E-state index contributed by atoms with van der Waals surface area (Å²) in [5, 5.41) is 1.54. The molecule has 0 spiro atoms. The molecule has 0 aliphatic carbocycles. The van der Waals surface area contributed by atoms with Crippen molar-refractivity contribution in [1.82, 2.24) is 4.72 Å². The van der Waals surface area contributed by atoms with E-state index in [9.17, 15) is 22.8 Å². The molecule has 9 nitrogen and oxygen atoms in total. The van der Waals surface area contributed by atoms with Gasteiger partial charge in [0.1, 0.15) is 11.5 Å². The maximum Gasteiger partial charge on any atom is 0.270 e. The Morgan fingerprint density at radius 2 is 1.39 bits per heavy atom. The van der Waals surface area contributed by atoms with Crippen LogP contribution in [0, 0.1) is 0 Å². The first-order valence-electron chi connectivity index (χ1n) is 12.8. The largest absolute Gasteiger partial charge is 0.492 e. The maximum atomic E-state index is 13.7. The van der Waals surface area contributed by atoms with Crippen LogP contribution in [0.2, 0.25) is 5.02 Å². The Hall–Kier alpha value is -4.41. The van der Waals surface area contributed by atoms with Gasteiger partial charge in [-0.3, -0.25) is 14.4 Å². The van der Waals surface area contributed by atoms with Crippen LogP contribution < -0.4 is 19.1 Å². The molecule has 0 bridgehead atoms. The highest BCUT2D eigenvalue weighted by atomic mass is 35.5. The zero-order valence-electron chi connectivity index (χ0n) is 22.1. The zero-order valence-corrected chi connectivity index (χ0v) is 23.7. The lowest BCUT2D eigenvalue weighted by atomic mass is 9.99. The van der Waals surface area contributed by atoms with Gasteiger partial charge in [0.2, 0.25) is 5.91 Å². The van der Waals surface area contributed by atoms with E-state index in [0.29, 0.717) is 27.8 Å². The number of ether oxygens (including phenoxy) is 2. The summed E-state index contributed by atoms with van der Waals surface area (Å²) < 4.78 is 38.9. The molecule has 0 unspecified atom stereocenters. The van der Waals surface area contributed by atoms with Crippen molar-refractivity contribution < 1.29 is 32.3 Å². The van der Waals surface area contributed by atoms with Gasteiger partial charge in [-0.1, -0.05) is 54.1 Å². The number of halogens is 1. The Bertz CT molecular complexity index is 1740. The van der Waals surface area contributed by atoms with Crippen LogP contribution in [0.3, 0.4) is 0 Å². The fraction of sp³-hybridized carbons (Fsp3) is 0.167. The summed E-state index contributed by atoms with van der Waals surface area (Å²) in [7, 11) is -4.11. The second-order valence-electron chi connectivity index (χ2n) is 9.09. The van der Waals surface area contributed by atoms with Crippen molar-refractivity contribution in [2.45, 2.75) is 25.2 Å². The molecular formula is C30H25ClN2O7S. The van der Waals surface area contributed by atoms with Crippen molar-refractivity contribution in [2.75, 3.05) is 18.1 Å². The monoisotopic (exact) mass is 592 g/mol. The summed E-state index contributed by atoms with van der Waals surface area (Å²) in [5.74, 6) is -1.24.